The van der Waals surface area contributed by atoms with E-state index < -0.39 is 35.4 Å². The Bertz CT molecular complexity index is 1270. The Morgan fingerprint density at radius 2 is 1.68 bits per heavy atom. The highest BCUT2D eigenvalue weighted by Gasteiger charge is 2.41. The molecule has 0 radical (unpaired) electrons. The van der Waals surface area contributed by atoms with Crippen molar-refractivity contribution in [3.8, 4) is 5.75 Å². The van der Waals surface area contributed by atoms with Gasteiger partial charge in [0.05, 0.1) is 28.8 Å². The molecular formula is C30H34F6N2O3. The molecule has 2 aliphatic heterocycles. The van der Waals surface area contributed by atoms with Gasteiger partial charge in [0.25, 0.3) is 0 Å². The molecule has 1 saturated carbocycles. The molecule has 3 atom stereocenters. The maximum atomic E-state index is 13.6. The number of aliphatic carboxylic acids is 1. The van der Waals surface area contributed by atoms with Crippen molar-refractivity contribution in [1.29, 1.82) is 0 Å². The van der Waals surface area contributed by atoms with Gasteiger partial charge in [-0.15, -0.1) is 0 Å². The number of fused-ring (bicyclic) bond motifs is 1. The monoisotopic (exact) mass is 584 g/mol. The van der Waals surface area contributed by atoms with Crippen molar-refractivity contribution in [2.24, 2.45) is 17.8 Å². The van der Waals surface area contributed by atoms with E-state index in [4.69, 9.17) is 4.74 Å². The summed E-state index contributed by atoms with van der Waals surface area (Å²) in [6.45, 7) is 2.89. The van der Waals surface area contributed by atoms with Gasteiger partial charge in [-0.2, -0.15) is 26.3 Å². The Balaban J connectivity index is 1.28. The van der Waals surface area contributed by atoms with Gasteiger partial charge in [0, 0.05) is 13.6 Å². The van der Waals surface area contributed by atoms with Gasteiger partial charge in [-0.1, -0.05) is 13.0 Å². The first-order chi connectivity index (χ1) is 19.2. The molecule has 0 amide bonds. The fraction of sp³-hybridized carbons (Fsp3) is 0.567. The molecule has 5 rings (SSSR count). The minimum Gasteiger partial charge on any atom is -0.489 e. The van der Waals surface area contributed by atoms with Gasteiger partial charge in [0.15, 0.2) is 0 Å². The zero-order chi connectivity index (χ0) is 29.7. The van der Waals surface area contributed by atoms with Gasteiger partial charge in [-0.3, -0.25) is 9.69 Å². The molecule has 224 valence electrons. The zero-order valence-electron chi connectivity index (χ0n) is 22.9. The number of carboxylic acids is 1. The van der Waals surface area contributed by atoms with Crippen LogP contribution in [0.4, 0.5) is 32.0 Å². The lowest BCUT2D eigenvalue weighted by Gasteiger charge is -2.43. The number of hydrogen-bond donors (Lipinski definition) is 1. The average molecular weight is 585 g/mol. The number of hydrogen-bond acceptors (Lipinski definition) is 4. The number of rotatable bonds is 7. The number of piperidine rings is 1. The van der Waals surface area contributed by atoms with Crippen LogP contribution in [0.25, 0.3) is 0 Å². The molecule has 5 nitrogen and oxygen atoms in total. The SMILES string of the molecule is C[C@H](C(=O)O)C(c1ccc2c(c1)N(C)C(C1CCN(Cc3cc(C(F)(F)F)ccc3C(F)(F)F)CC1)CO2)C1CC1. The molecule has 0 spiro atoms. The smallest absolute Gasteiger partial charge is 0.416 e. The standard InChI is InChI=1S/C30H34F6N2O3/c1-17(28(39)40)27(19-3-4-19)20-5-8-26-24(14-20)37(2)25(16-41-26)18-9-11-38(12-10-18)15-21-13-22(29(31,32)33)6-7-23(21)30(34,35)36/h5-8,13-14,17-19,25,27H,3-4,9-12,15-16H2,1-2H3,(H,39,40)/t17-,25?,27?/m0/s1. The number of carboxylic acid groups (broad SMARTS) is 1. The van der Waals surface area contributed by atoms with Crippen molar-refractivity contribution in [2.75, 3.05) is 31.6 Å². The first kappa shape index (κ1) is 29.5. The lowest BCUT2D eigenvalue weighted by Crippen LogP contribution is -2.49. The topological polar surface area (TPSA) is 53.0 Å². The van der Waals surface area contributed by atoms with Gasteiger partial charge in [-0.05, 0) is 98.0 Å². The van der Waals surface area contributed by atoms with Crippen LogP contribution in [0, 0.1) is 17.8 Å². The molecule has 1 aliphatic carbocycles. The van der Waals surface area contributed by atoms with Crippen molar-refractivity contribution >= 4 is 11.7 Å². The lowest BCUT2D eigenvalue weighted by atomic mass is 9.82. The number of benzene rings is 2. The first-order valence-electron chi connectivity index (χ1n) is 14.0. The number of nitrogens with zero attached hydrogens (tertiary/aromatic N) is 2. The summed E-state index contributed by atoms with van der Waals surface area (Å²) >= 11 is 0. The van der Waals surface area contributed by atoms with Crippen molar-refractivity contribution < 1.29 is 41.0 Å². The summed E-state index contributed by atoms with van der Waals surface area (Å²) in [5, 5.41) is 9.67. The largest absolute Gasteiger partial charge is 0.489 e. The first-order valence-corrected chi connectivity index (χ1v) is 14.0. The van der Waals surface area contributed by atoms with E-state index in [-0.39, 0.29) is 30.0 Å². The second kappa shape index (κ2) is 11.0. The molecule has 2 fully saturated rings. The number of alkyl halides is 6. The summed E-state index contributed by atoms with van der Waals surface area (Å²) < 4.78 is 86.4. The number of halogens is 6. The van der Waals surface area contributed by atoms with Gasteiger partial charge < -0.3 is 14.7 Å². The van der Waals surface area contributed by atoms with E-state index in [0.29, 0.717) is 56.7 Å². The van der Waals surface area contributed by atoms with Crippen LogP contribution >= 0.6 is 0 Å². The number of anilines is 1. The second-order valence-electron chi connectivity index (χ2n) is 11.7. The van der Waals surface area contributed by atoms with Crippen molar-refractivity contribution in [3.63, 3.8) is 0 Å². The van der Waals surface area contributed by atoms with Crippen LogP contribution in [0.2, 0.25) is 0 Å². The quantitative estimate of drug-likeness (QED) is 0.354. The number of likely N-dealkylation sites (N-methyl/N-ethyl adjacent to an activating group) is 1. The van der Waals surface area contributed by atoms with Gasteiger partial charge in [0.2, 0.25) is 0 Å². The minimum absolute atomic E-state index is 0.00969. The van der Waals surface area contributed by atoms with E-state index in [9.17, 15) is 36.2 Å². The summed E-state index contributed by atoms with van der Waals surface area (Å²) in [5.74, 6) is -0.150. The Morgan fingerprint density at radius 3 is 2.27 bits per heavy atom. The fourth-order valence-electron chi connectivity index (χ4n) is 6.55. The third-order valence-corrected chi connectivity index (χ3v) is 9.02. The van der Waals surface area contributed by atoms with E-state index in [1.807, 2.05) is 25.2 Å². The van der Waals surface area contributed by atoms with Crippen molar-refractivity contribution in [2.45, 2.75) is 63.5 Å². The molecular weight excluding hydrogens is 550 g/mol. The van der Waals surface area contributed by atoms with Crippen LogP contribution < -0.4 is 9.64 Å². The molecule has 1 saturated heterocycles. The Hall–Kier alpha value is -2.95. The fourth-order valence-corrected chi connectivity index (χ4v) is 6.55. The molecule has 2 unspecified atom stereocenters. The molecule has 11 heteroatoms. The maximum Gasteiger partial charge on any atom is 0.416 e. The lowest BCUT2D eigenvalue weighted by molar-refractivity contribution is -0.142. The summed E-state index contributed by atoms with van der Waals surface area (Å²) in [5.41, 5.74) is -0.624. The molecule has 3 aliphatic rings. The van der Waals surface area contributed by atoms with Gasteiger partial charge in [0.1, 0.15) is 12.4 Å². The summed E-state index contributed by atoms with van der Waals surface area (Å²) in [4.78, 5) is 15.7. The highest BCUT2D eigenvalue weighted by Crippen LogP contribution is 2.49. The van der Waals surface area contributed by atoms with Crippen LogP contribution in [0.1, 0.15) is 60.8 Å². The van der Waals surface area contributed by atoms with E-state index in [1.165, 1.54) is 0 Å². The van der Waals surface area contributed by atoms with E-state index in [2.05, 4.69) is 4.90 Å². The molecule has 2 heterocycles. The van der Waals surface area contributed by atoms with E-state index in [1.54, 1.807) is 11.8 Å². The maximum absolute atomic E-state index is 13.6. The molecule has 2 aromatic carbocycles. The van der Waals surface area contributed by atoms with Gasteiger partial charge >= 0.3 is 18.3 Å². The van der Waals surface area contributed by atoms with E-state index in [0.717, 1.165) is 29.8 Å². The number of carbonyl (C=O) groups is 1. The Kier molecular flexibility index (Phi) is 7.95. The molecule has 1 N–H and O–H groups in total. The van der Waals surface area contributed by atoms with Crippen LogP contribution in [-0.4, -0.2) is 48.8 Å². The van der Waals surface area contributed by atoms with Crippen molar-refractivity contribution in [3.05, 3.63) is 58.7 Å². The molecule has 2 aromatic rings. The van der Waals surface area contributed by atoms with Crippen LogP contribution in [0.5, 0.6) is 5.75 Å². The normalized spacial score (nSPS) is 22.1. The number of ether oxygens (including phenoxy) is 1. The zero-order valence-corrected chi connectivity index (χ0v) is 22.9. The van der Waals surface area contributed by atoms with Gasteiger partial charge in [-0.25, -0.2) is 0 Å². The minimum atomic E-state index is -4.74. The van der Waals surface area contributed by atoms with Crippen LogP contribution in [0.3, 0.4) is 0 Å². The number of likely N-dealkylation sites (tertiary alicyclic amines) is 1. The predicted octanol–water partition coefficient (Wildman–Crippen LogP) is 7.05. The highest BCUT2D eigenvalue weighted by molar-refractivity contribution is 5.72. The molecule has 0 bridgehead atoms. The van der Waals surface area contributed by atoms with E-state index >= 15 is 0 Å². The van der Waals surface area contributed by atoms with Crippen molar-refractivity contribution in [1.82, 2.24) is 4.90 Å². The summed E-state index contributed by atoms with van der Waals surface area (Å²) in [6.07, 6.45) is -6.12. The third kappa shape index (κ3) is 6.29. The van der Waals surface area contributed by atoms with Crippen LogP contribution in [-0.2, 0) is 23.7 Å². The van der Waals surface area contributed by atoms with Crippen LogP contribution in [0.15, 0.2) is 36.4 Å². The third-order valence-electron chi connectivity index (χ3n) is 9.02. The summed E-state index contributed by atoms with van der Waals surface area (Å²) in [7, 11) is 1.98. The highest BCUT2D eigenvalue weighted by atomic mass is 19.4. The Morgan fingerprint density at radius 1 is 1.00 bits per heavy atom. The average Bonchev–Trinajstić information content (AvgIpc) is 3.74. The molecule has 41 heavy (non-hydrogen) atoms. The second-order valence-corrected chi connectivity index (χ2v) is 11.7. The molecule has 0 aromatic heterocycles. The summed E-state index contributed by atoms with van der Waals surface area (Å²) in [6, 6.07) is 7.52. The predicted molar refractivity (Wildman–Crippen MR) is 141 cm³/mol. The Labute approximate surface area is 235 Å².